The molecule has 0 spiro atoms. The van der Waals surface area contributed by atoms with E-state index < -0.39 is 5.23 Å². The van der Waals surface area contributed by atoms with Crippen LogP contribution in [-0.4, -0.2) is 15.4 Å². The van der Waals surface area contributed by atoms with Crippen molar-refractivity contribution in [2.45, 2.75) is 6.92 Å². The lowest BCUT2D eigenvalue weighted by Crippen LogP contribution is -2.99. The van der Waals surface area contributed by atoms with Gasteiger partial charge in [0.05, 0.1) is 5.69 Å². The number of quaternary nitrogens is 1. The molecule has 0 aliphatic carbocycles. The van der Waals surface area contributed by atoms with Gasteiger partial charge in [-0.25, -0.2) is 5.21 Å². The molecule has 1 aromatic carbocycles. The number of hydrogen-bond donors (Lipinski definition) is 2. The molecule has 6 heteroatoms. The summed E-state index contributed by atoms with van der Waals surface area (Å²) < 4.78 is 0.690. The first-order valence-corrected chi connectivity index (χ1v) is 5.71. The minimum Gasteiger partial charge on any atom is -0.595 e. The van der Waals surface area contributed by atoms with E-state index in [2.05, 4.69) is 26.1 Å². The number of aryl methyl sites for hydroxylation is 1. The third-order valence-corrected chi connectivity index (χ3v) is 3.11. The van der Waals surface area contributed by atoms with Gasteiger partial charge < -0.3 is 5.21 Å². The SMILES string of the molecule is Cc1cc(-c2cccc([NH+]([O-])O)c2)nnc1Br. The van der Waals surface area contributed by atoms with E-state index in [1.54, 1.807) is 18.2 Å². The summed E-state index contributed by atoms with van der Waals surface area (Å²) in [6.07, 6.45) is 0. The Bertz CT molecular complexity index is 546. The van der Waals surface area contributed by atoms with Crippen LogP contribution in [0.25, 0.3) is 11.3 Å². The lowest BCUT2D eigenvalue weighted by Gasteiger charge is -2.12. The molecular weight excluding hydrogens is 286 g/mol. The fourth-order valence-corrected chi connectivity index (χ4v) is 1.62. The second kappa shape index (κ2) is 4.89. The summed E-state index contributed by atoms with van der Waals surface area (Å²) >= 11 is 3.27. The maximum atomic E-state index is 10.9. The van der Waals surface area contributed by atoms with Crippen LogP contribution < -0.4 is 5.23 Å². The van der Waals surface area contributed by atoms with Gasteiger partial charge in [-0.2, -0.15) is 5.23 Å². The molecule has 5 nitrogen and oxygen atoms in total. The molecule has 1 heterocycles. The lowest BCUT2D eigenvalue weighted by atomic mass is 10.1. The summed E-state index contributed by atoms with van der Waals surface area (Å²) in [7, 11) is 0. The summed E-state index contributed by atoms with van der Waals surface area (Å²) in [5.41, 5.74) is 2.60. The van der Waals surface area contributed by atoms with E-state index in [-0.39, 0.29) is 5.69 Å². The molecular formula is C11H10BrN3O2. The van der Waals surface area contributed by atoms with Gasteiger partial charge >= 0.3 is 0 Å². The van der Waals surface area contributed by atoms with Gasteiger partial charge in [0.15, 0.2) is 5.69 Å². The Labute approximate surface area is 106 Å². The van der Waals surface area contributed by atoms with E-state index in [1.165, 1.54) is 0 Å². The Kier molecular flexibility index (Phi) is 3.49. The Morgan fingerprint density at radius 3 is 2.71 bits per heavy atom. The van der Waals surface area contributed by atoms with Crippen LogP contribution in [-0.2, 0) is 0 Å². The predicted octanol–water partition coefficient (Wildman–Crippen LogP) is 1.62. The molecule has 17 heavy (non-hydrogen) atoms. The molecule has 0 bridgehead atoms. The van der Waals surface area contributed by atoms with Crippen LogP contribution in [0.2, 0.25) is 0 Å². The van der Waals surface area contributed by atoms with Crippen LogP contribution in [0.3, 0.4) is 0 Å². The number of nitrogens with one attached hydrogen (secondary N) is 1. The highest BCUT2D eigenvalue weighted by Gasteiger charge is 2.06. The first kappa shape index (κ1) is 12.1. The Morgan fingerprint density at radius 2 is 2.06 bits per heavy atom. The zero-order chi connectivity index (χ0) is 12.4. The molecule has 1 unspecified atom stereocenters. The fourth-order valence-electron chi connectivity index (χ4n) is 1.42. The van der Waals surface area contributed by atoms with Gasteiger partial charge in [0, 0.05) is 17.7 Å². The lowest BCUT2D eigenvalue weighted by molar-refractivity contribution is -0.991. The van der Waals surface area contributed by atoms with Crippen molar-refractivity contribution in [3.05, 3.63) is 45.7 Å². The number of nitrogens with zero attached hydrogens (tertiary/aromatic N) is 2. The molecule has 0 amide bonds. The average molecular weight is 296 g/mol. The van der Waals surface area contributed by atoms with Crippen LogP contribution in [0, 0.1) is 12.1 Å². The van der Waals surface area contributed by atoms with Crippen molar-refractivity contribution in [2.75, 3.05) is 0 Å². The van der Waals surface area contributed by atoms with Crippen LogP contribution >= 0.6 is 15.9 Å². The smallest absolute Gasteiger partial charge is 0.164 e. The summed E-state index contributed by atoms with van der Waals surface area (Å²) in [5, 5.41) is 26.8. The van der Waals surface area contributed by atoms with E-state index in [0.29, 0.717) is 10.3 Å². The van der Waals surface area contributed by atoms with Crippen molar-refractivity contribution in [2.24, 2.45) is 0 Å². The maximum Gasteiger partial charge on any atom is 0.164 e. The van der Waals surface area contributed by atoms with Gasteiger partial charge in [-0.15, -0.1) is 10.2 Å². The van der Waals surface area contributed by atoms with Crippen molar-refractivity contribution in [1.82, 2.24) is 10.2 Å². The molecule has 88 valence electrons. The standard InChI is InChI=1S/C11H10BrN3O2/c1-7-5-10(13-14-11(7)12)8-3-2-4-9(6-8)15(16)17/h2-6,15-16H,1H3. The maximum absolute atomic E-state index is 10.9. The Hall–Kier alpha value is -1.34. The van der Waals surface area contributed by atoms with Crippen LogP contribution in [0.4, 0.5) is 5.69 Å². The second-order valence-electron chi connectivity index (χ2n) is 3.59. The van der Waals surface area contributed by atoms with Gasteiger partial charge in [0.1, 0.15) is 4.60 Å². The van der Waals surface area contributed by atoms with E-state index in [9.17, 15) is 5.21 Å². The molecule has 0 aliphatic heterocycles. The summed E-state index contributed by atoms with van der Waals surface area (Å²) in [5.74, 6) is 0. The van der Waals surface area contributed by atoms with Crippen LogP contribution in [0.5, 0.6) is 0 Å². The molecule has 0 saturated heterocycles. The van der Waals surface area contributed by atoms with Crippen LogP contribution in [0.1, 0.15) is 5.56 Å². The topological polar surface area (TPSA) is 73.5 Å². The van der Waals surface area contributed by atoms with Gasteiger partial charge in [-0.1, -0.05) is 12.1 Å². The Morgan fingerprint density at radius 1 is 1.29 bits per heavy atom. The van der Waals surface area contributed by atoms with E-state index in [4.69, 9.17) is 5.21 Å². The molecule has 0 saturated carbocycles. The zero-order valence-corrected chi connectivity index (χ0v) is 10.6. The third-order valence-electron chi connectivity index (χ3n) is 2.33. The minimum atomic E-state index is -0.950. The number of hydrogen-bond acceptors (Lipinski definition) is 4. The molecule has 2 rings (SSSR count). The monoisotopic (exact) mass is 295 g/mol. The van der Waals surface area contributed by atoms with E-state index >= 15 is 0 Å². The highest BCUT2D eigenvalue weighted by atomic mass is 79.9. The predicted molar refractivity (Wildman–Crippen MR) is 65.7 cm³/mol. The third kappa shape index (κ3) is 2.67. The van der Waals surface area contributed by atoms with E-state index in [1.807, 2.05) is 19.1 Å². The van der Waals surface area contributed by atoms with Crippen LogP contribution in [0.15, 0.2) is 34.9 Å². The van der Waals surface area contributed by atoms with Gasteiger partial charge in [-0.05, 0) is 34.5 Å². The Balaban J connectivity index is 2.45. The number of aromatic nitrogens is 2. The van der Waals surface area contributed by atoms with E-state index in [0.717, 1.165) is 11.1 Å². The van der Waals surface area contributed by atoms with Crippen molar-refractivity contribution in [3.8, 4) is 11.3 Å². The van der Waals surface area contributed by atoms with Crippen molar-refractivity contribution in [1.29, 1.82) is 0 Å². The summed E-state index contributed by atoms with van der Waals surface area (Å²) in [4.78, 5) is 0. The molecule has 0 fully saturated rings. The highest BCUT2D eigenvalue weighted by Crippen LogP contribution is 2.21. The van der Waals surface area contributed by atoms with Crippen molar-refractivity contribution in [3.63, 3.8) is 0 Å². The van der Waals surface area contributed by atoms with Gasteiger partial charge in [-0.3, -0.25) is 0 Å². The number of halogens is 1. The highest BCUT2D eigenvalue weighted by molar-refractivity contribution is 9.10. The van der Waals surface area contributed by atoms with Crippen molar-refractivity contribution >= 4 is 21.6 Å². The molecule has 0 radical (unpaired) electrons. The first-order chi connectivity index (χ1) is 8.08. The van der Waals surface area contributed by atoms with Gasteiger partial charge in [0.25, 0.3) is 0 Å². The van der Waals surface area contributed by atoms with Gasteiger partial charge in [0.2, 0.25) is 0 Å². The number of rotatable bonds is 2. The number of benzene rings is 1. The average Bonchev–Trinajstić information content (AvgIpc) is 2.33. The summed E-state index contributed by atoms with van der Waals surface area (Å²) in [6, 6.07) is 8.49. The fraction of sp³-hybridized carbons (Fsp3) is 0.0909. The molecule has 2 aromatic rings. The molecule has 2 N–H and O–H groups in total. The summed E-state index contributed by atoms with van der Waals surface area (Å²) in [6.45, 7) is 1.91. The first-order valence-electron chi connectivity index (χ1n) is 4.91. The minimum absolute atomic E-state index is 0.241. The normalized spacial score (nSPS) is 12.5. The van der Waals surface area contributed by atoms with Crippen molar-refractivity contribution < 1.29 is 10.4 Å². The second-order valence-corrected chi connectivity index (χ2v) is 4.34. The molecule has 1 atom stereocenters. The largest absolute Gasteiger partial charge is 0.595 e. The molecule has 0 aliphatic rings. The quantitative estimate of drug-likeness (QED) is 0.826. The zero-order valence-electron chi connectivity index (χ0n) is 9.01. The molecule has 1 aromatic heterocycles.